The molecule has 1 aromatic heterocycles. The molecular formula is C16H28BrN3OSi. The number of aromatic nitrogens is 1. The van der Waals surface area contributed by atoms with Crippen molar-refractivity contribution in [2.75, 3.05) is 13.6 Å². The smallest absolute Gasteiger partial charge is 0.228 e. The standard InChI is InChI=1S/C16H28BrN3OSi/c1-8-20(4)11-18-15-9-14(17)16(19-13(15)3)21-12(2)10-22(5,6)7/h9,11-12H,8,10H2,1-7H3/b18-11+. The summed E-state index contributed by atoms with van der Waals surface area (Å²) in [6.45, 7) is 14.1. The zero-order chi connectivity index (χ0) is 16.9. The normalized spacial score (nSPS) is 13.5. The van der Waals surface area contributed by atoms with Crippen molar-refractivity contribution >= 4 is 36.0 Å². The van der Waals surface area contributed by atoms with Gasteiger partial charge in [0.05, 0.1) is 28.3 Å². The average molecular weight is 386 g/mol. The molecule has 22 heavy (non-hydrogen) atoms. The van der Waals surface area contributed by atoms with Crippen molar-refractivity contribution in [1.82, 2.24) is 9.88 Å². The highest BCUT2D eigenvalue weighted by molar-refractivity contribution is 9.10. The molecule has 0 fully saturated rings. The summed E-state index contributed by atoms with van der Waals surface area (Å²) in [5.74, 6) is 0.658. The van der Waals surface area contributed by atoms with Crippen LogP contribution in [0.15, 0.2) is 15.5 Å². The minimum absolute atomic E-state index is 0.176. The summed E-state index contributed by atoms with van der Waals surface area (Å²) in [5, 5.41) is 0. The first-order chi connectivity index (χ1) is 10.1. The Balaban J connectivity index is 2.88. The minimum Gasteiger partial charge on any atom is -0.474 e. The van der Waals surface area contributed by atoms with E-state index in [0.29, 0.717) is 5.88 Å². The molecule has 1 heterocycles. The summed E-state index contributed by atoms with van der Waals surface area (Å²) >= 11 is 3.55. The number of pyridine rings is 1. The third-order valence-corrected chi connectivity index (χ3v) is 5.58. The maximum absolute atomic E-state index is 6.02. The van der Waals surface area contributed by atoms with Crippen LogP contribution in [0.3, 0.4) is 0 Å². The molecule has 0 aliphatic heterocycles. The number of hydrogen-bond donors (Lipinski definition) is 0. The quantitative estimate of drug-likeness (QED) is 0.381. The van der Waals surface area contributed by atoms with Gasteiger partial charge in [-0.3, -0.25) is 0 Å². The lowest BCUT2D eigenvalue weighted by Gasteiger charge is -2.22. The highest BCUT2D eigenvalue weighted by Gasteiger charge is 2.20. The molecule has 0 saturated carbocycles. The van der Waals surface area contributed by atoms with Crippen LogP contribution < -0.4 is 4.74 Å². The second-order valence-electron chi connectivity index (χ2n) is 6.89. The Labute approximate surface area is 144 Å². The molecule has 1 rings (SSSR count). The molecule has 0 aromatic carbocycles. The van der Waals surface area contributed by atoms with Crippen molar-refractivity contribution in [2.45, 2.75) is 52.6 Å². The second-order valence-corrected chi connectivity index (χ2v) is 13.3. The van der Waals surface area contributed by atoms with Gasteiger partial charge in [-0.1, -0.05) is 19.6 Å². The highest BCUT2D eigenvalue weighted by Crippen LogP contribution is 2.31. The maximum atomic E-state index is 6.02. The molecule has 0 amide bonds. The third-order valence-electron chi connectivity index (χ3n) is 3.21. The molecule has 4 nitrogen and oxygen atoms in total. The lowest BCUT2D eigenvalue weighted by Crippen LogP contribution is -2.28. The molecule has 0 N–H and O–H groups in total. The molecule has 6 heteroatoms. The van der Waals surface area contributed by atoms with Crippen LogP contribution in [0.25, 0.3) is 0 Å². The van der Waals surface area contributed by atoms with Crippen LogP contribution >= 0.6 is 15.9 Å². The lowest BCUT2D eigenvalue weighted by molar-refractivity contribution is 0.229. The lowest BCUT2D eigenvalue weighted by atomic mass is 10.3. The van der Waals surface area contributed by atoms with Crippen LogP contribution in [0, 0.1) is 6.92 Å². The largest absolute Gasteiger partial charge is 0.474 e. The summed E-state index contributed by atoms with van der Waals surface area (Å²) in [4.78, 5) is 11.1. The van der Waals surface area contributed by atoms with Gasteiger partial charge in [-0.05, 0) is 48.8 Å². The number of aryl methyl sites for hydroxylation is 1. The van der Waals surface area contributed by atoms with E-state index in [1.165, 1.54) is 0 Å². The highest BCUT2D eigenvalue weighted by atomic mass is 79.9. The van der Waals surface area contributed by atoms with Crippen LogP contribution in [0.1, 0.15) is 19.5 Å². The van der Waals surface area contributed by atoms with Gasteiger partial charge in [-0.25, -0.2) is 9.98 Å². The SMILES string of the molecule is CCN(C)/C=N/c1cc(Br)c(OC(C)C[Si](C)(C)C)nc1C. The molecule has 0 aliphatic carbocycles. The topological polar surface area (TPSA) is 37.7 Å². The van der Waals surface area contributed by atoms with Crippen molar-refractivity contribution in [3.8, 4) is 5.88 Å². The molecule has 0 bridgehead atoms. The predicted octanol–water partition coefficient (Wildman–Crippen LogP) is 4.87. The van der Waals surface area contributed by atoms with E-state index in [1.807, 2.05) is 31.3 Å². The number of ether oxygens (including phenoxy) is 1. The van der Waals surface area contributed by atoms with Gasteiger partial charge < -0.3 is 9.64 Å². The van der Waals surface area contributed by atoms with Crippen LogP contribution in [0.5, 0.6) is 5.88 Å². The molecule has 1 unspecified atom stereocenters. The fraction of sp³-hybridized carbons (Fsp3) is 0.625. The first kappa shape index (κ1) is 19.2. The van der Waals surface area contributed by atoms with Gasteiger partial charge in [0.2, 0.25) is 5.88 Å². The number of aliphatic imine (C=N–C) groups is 1. The Morgan fingerprint density at radius 3 is 2.64 bits per heavy atom. The van der Waals surface area contributed by atoms with E-state index in [0.717, 1.165) is 28.4 Å². The van der Waals surface area contributed by atoms with Gasteiger partial charge in [-0.2, -0.15) is 0 Å². The molecule has 1 aromatic rings. The van der Waals surface area contributed by atoms with E-state index in [-0.39, 0.29) is 6.10 Å². The Kier molecular flexibility index (Phi) is 7.06. The van der Waals surface area contributed by atoms with E-state index in [9.17, 15) is 0 Å². The van der Waals surface area contributed by atoms with Crippen LogP contribution in [0.2, 0.25) is 25.7 Å². The summed E-state index contributed by atoms with van der Waals surface area (Å²) in [7, 11) is 0.854. The molecular weight excluding hydrogens is 358 g/mol. The van der Waals surface area contributed by atoms with E-state index in [4.69, 9.17) is 4.74 Å². The number of nitrogens with zero attached hydrogens (tertiary/aromatic N) is 3. The Morgan fingerprint density at radius 1 is 1.45 bits per heavy atom. The Bertz CT molecular complexity index is 529. The van der Waals surface area contributed by atoms with E-state index in [1.54, 1.807) is 0 Å². The Morgan fingerprint density at radius 2 is 2.09 bits per heavy atom. The summed E-state index contributed by atoms with van der Waals surface area (Å²) < 4.78 is 6.87. The maximum Gasteiger partial charge on any atom is 0.228 e. The molecule has 0 saturated heterocycles. The zero-order valence-corrected chi connectivity index (χ0v) is 17.4. The van der Waals surface area contributed by atoms with Gasteiger partial charge in [-0.15, -0.1) is 0 Å². The Hall–Kier alpha value is -0.883. The molecule has 124 valence electrons. The molecule has 0 spiro atoms. The first-order valence-electron chi connectivity index (χ1n) is 7.70. The van der Waals surface area contributed by atoms with Crippen LogP contribution in [0.4, 0.5) is 5.69 Å². The van der Waals surface area contributed by atoms with Crippen molar-refractivity contribution in [2.24, 2.45) is 4.99 Å². The van der Waals surface area contributed by atoms with E-state index in [2.05, 4.69) is 59.4 Å². The number of rotatable bonds is 7. The van der Waals surface area contributed by atoms with Crippen LogP contribution in [-0.4, -0.2) is 44.0 Å². The fourth-order valence-corrected chi connectivity index (χ4v) is 4.31. The van der Waals surface area contributed by atoms with E-state index >= 15 is 0 Å². The van der Waals surface area contributed by atoms with Gasteiger partial charge >= 0.3 is 0 Å². The molecule has 0 aliphatic rings. The average Bonchev–Trinajstić information content (AvgIpc) is 2.38. The number of halogens is 1. The van der Waals surface area contributed by atoms with Crippen molar-refractivity contribution in [3.05, 3.63) is 16.2 Å². The van der Waals surface area contributed by atoms with E-state index < -0.39 is 8.07 Å². The first-order valence-corrected chi connectivity index (χ1v) is 12.2. The van der Waals surface area contributed by atoms with Gasteiger partial charge in [0.1, 0.15) is 0 Å². The van der Waals surface area contributed by atoms with Crippen molar-refractivity contribution < 1.29 is 4.74 Å². The summed E-state index contributed by atoms with van der Waals surface area (Å²) in [6.07, 6.45) is 2.00. The monoisotopic (exact) mass is 385 g/mol. The molecule has 1 atom stereocenters. The van der Waals surface area contributed by atoms with Gasteiger partial charge in [0.25, 0.3) is 0 Å². The van der Waals surface area contributed by atoms with Gasteiger partial charge in [0.15, 0.2) is 0 Å². The third kappa shape index (κ3) is 6.48. The minimum atomic E-state index is -1.14. The zero-order valence-electron chi connectivity index (χ0n) is 14.8. The number of hydrogen-bond acceptors (Lipinski definition) is 3. The second kappa shape index (κ2) is 8.11. The van der Waals surface area contributed by atoms with Gasteiger partial charge in [0, 0.05) is 21.7 Å². The van der Waals surface area contributed by atoms with Crippen molar-refractivity contribution in [1.29, 1.82) is 0 Å². The summed E-state index contributed by atoms with van der Waals surface area (Å²) in [6, 6.07) is 3.08. The molecule has 0 radical (unpaired) electrons. The summed E-state index contributed by atoms with van der Waals surface area (Å²) in [5.41, 5.74) is 1.73. The van der Waals surface area contributed by atoms with Crippen molar-refractivity contribution in [3.63, 3.8) is 0 Å². The van der Waals surface area contributed by atoms with Crippen LogP contribution in [-0.2, 0) is 0 Å². The predicted molar refractivity (Wildman–Crippen MR) is 101 cm³/mol. The fourth-order valence-electron chi connectivity index (χ4n) is 2.10.